The van der Waals surface area contributed by atoms with Crippen LogP contribution in [0.2, 0.25) is 0 Å². The lowest BCUT2D eigenvalue weighted by Crippen LogP contribution is -2.35. The van der Waals surface area contributed by atoms with Crippen molar-refractivity contribution in [1.82, 2.24) is 15.2 Å². The Hall–Kier alpha value is -2.15. The van der Waals surface area contributed by atoms with E-state index in [1.54, 1.807) is 6.20 Å². The first-order chi connectivity index (χ1) is 11.6. The number of ether oxygens (including phenoxy) is 1. The summed E-state index contributed by atoms with van der Waals surface area (Å²) >= 11 is 0. The van der Waals surface area contributed by atoms with Gasteiger partial charge in [0.25, 0.3) is 17.4 Å². The van der Waals surface area contributed by atoms with Crippen LogP contribution in [-0.2, 0) is 11.3 Å². The van der Waals surface area contributed by atoms with Gasteiger partial charge in [-0.15, -0.1) is 0 Å². The SMILES string of the molecule is CNC(=O)c1cc(C(=O)NC2CC2)cn(CC2CCOCC2)c1=O. The molecule has 2 fully saturated rings. The third kappa shape index (κ3) is 3.84. The topological polar surface area (TPSA) is 89.4 Å². The van der Waals surface area contributed by atoms with Gasteiger partial charge in [0.15, 0.2) is 0 Å². The molecular weight excluding hydrogens is 310 g/mol. The molecule has 2 aliphatic rings. The molecule has 7 nitrogen and oxygen atoms in total. The fraction of sp³-hybridized carbons (Fsp3) is 0.588. The second-order valence-corrected chi connectivity index (χ2v) is 6.48. The zero-order chi connectivity index (χ0) is 17.1. The first-order valence-corrected chi connectivity index (χ1v) is 8.43. The van der Waals surface area contributed by atoms with Crippen LogP contribution in [-0.4, -0.2) is 42.7 Å². The zero-order valence-electron chi connectivity index (χ0n) is 13.8. The van der Waals surface area contributed by atoms with Gasteiger partial charge in [-0.25, -0.2) is 0 Å². The molecule has 2 amide bonds. The highest BCUT2D eigenvalue weighted by Crippen LogP contribution is 2.20. The van der Waals surface area contributed by atoms with Gasteiger partial charge in [-0.1, -0.05) is 0 Å². The molecule has 1 aromatic rings. The molecule has 1 aliphatic heterocycles. The van der Waals surface area contributed by atoms with Crippen LogP contribution < -0.4 is 16.2 Å². The Morgan fingerprint density at radius 3 is 2.54 bits per heavy atom. The summed E-state index contributed by atoms with van der Waals surface area (Å²) in [6.45, 7) is 1.86. The van der Waals surface area contributed by atoms with Crippen LogP contribution in [0.5, 0.6) is 0 Å². The van der Waals surface area contributed by atoms with Crippen molar-refractivity contribution >= 4 is 11.8 Å². The van der Waals surface area contributed by atoms with E-state index in [-0.39, 0.29) is 23.1 Å². The molecule has 3 rings (SSSR count). The summed E-state index contributed by atoms with van der Waals surface area (Å²) in [5.41, 5.74) is 0.00368. The van der Waals surface area contributed by atoms with Gasteiger partial charge in [-0.2, -0.15) is 0 Å². The molecule has 0 aromatic carbocycles. The van der Waals surface area contributed by atoms with Crippen molar-refractivity contribution in [3.05, 3.63) is 33.7 Å². The van der Waals surface area contributed by atoms with Gasteiger partial charge in [-0.05, 0) is 37.7 Å². The van der Waals surface area contributed by atoms with Crippen LogP contribution in [0.25, 0.3) is 0 Å². The first kappa shape index (κ1) is 16.7. The van der Waals surface area contributed by atoms with Gasteiger partial charge in [0.05, 0.1) is 5.56 Å². The molecular formula is C17H23N3O4. The minimum Gasteiger partial charge on any atom is -0.381 e. The maximum Gasteiger partial charge on any atom is 0.263 e. The van der Waals surface area contributed by atoms with Crippen molar-refractivity contribution in [2.24, 2.45) is 5.92 Å². The van der Waals surface area contributed by atoms with Gasteiger partial charge in [-0.3, -0.25) is 14.4 Å². The summed E-state index contributed by atoms with van der Waals surface area (Å²) in [4.78, 5) is 36.9. The number of nitrogens with one attached hydrogen (secondary N) is 2. The van der Waals surface area contributed by atoms with E-state index in [1.807, 2.05) is 0 Å². The van der Waals surface area contributed by atoms with Crippen LogP contribution in [0.4, 0.5) is 0 Å². The van der Waals surface area contributed by atoms with Crippen molar-refractivity contribution in [1.29, 1.82) is 0 Å². The Morgan fingerprint density at radius 2 is 1.92 bits per heavy atom. The van der Waals surface area contributed by atoms with E-state index in [1.165, 1.54) is 17.7 Å². The summed E-state index contributed by atoms with van der Waals surface area (Å²) in [6.07, 6.45) is 5.29. The van der Waals surface area contributed by atoms with E-state index >= 15 is 0 Å². The molecule has 0 atom stereocenters. The number of carbonyl (C=O) groups excluding carboxylic acids is 2. The summed E-state index contributed by atoms with van der Waals surface area (Å²) in [7, 11) is 1.47. The van der Waals surface area contributed by atoms with Crippen molar-refractivity contribution in [2.75, 3.05) is 20.3 Å². The highest BCUT2D eigenvalue weighted by Gasteiger charge is 2.25. The second-order valence-electron chi connectivity index (χ2n) is 6.48. The normalized spacial score (nSPS) is 18.2. The van der Waals surface area contributed by atoms with Gasteiger partial charge in [0.2, 0.25) is 0 Å². The lowest BCUT2D eigenvalue weighted by atomic mass is 10.00. The highest BCUT2D eigenvalue weighted by atomic mass is 16.5. The van der Waals surface area contributed by atoms with E-state index in [9.17, 15) is 14.4 Å². The van der Waals surface area contributed by atoms with E-state index < -0.39 is 5.91 Å². The van der Waals surface area contributed by atoms with Gasteiger partial charge >= 0.3 is 0 Å². The van der Waals surface area contributed by atoms with Crippen LogP contribution in [0, 0.1) is 5.92 Å². The van der Waals surface area contributed by atoms with E-state index in [4.69, 9.17) is 4.74 Å². The number of aromatic nitrogens is 1. The van der Waals surface area contributed by atoms with Gasteiger partial charge in [0, 0.05) is 39.0 Å². The predicted molar refractivity (Wildman–Crippen MR) is 88.1 cm³/mol. The number of nitrogens with zero attached hydrogens (tertiary/aromatic N) is 1. The fourth-order valence-electron chi connectivity index (χ4n) is 2.90. The molecule has 2 heterocycles. The summed E-state index contributed by atoms with van der Waals surface area (Å²) in [5.74, 6) is -0.388. The number of hydrogen-bond donors (Lipinski definition) is 2. The highest BCUT2D eigenvalue weighted by molar-refractivity contribution is 5.99. The van der Waals surface area contributed by atoms with Crippen LogP contribution in [0.15, 0.2) is 17.1 Å². The third-order valence-electron chi connectivity index (χ3n) is 4.53. The zero-order valence-corrected chi connectivity index (χ0v) is 13.8. The number of amides is 2. The number of pyridine rings is 1. The molecule has 7 heteroatoms. The molecule has 1 aromatic heterocycles. The number of hydrogen-bond acceptors (Lipinski definition) is 4. The monoisotopic (exact) mass is 333 g/mol. The Balaban J connectivity index is 1.90. The minimum absolute atomic E-state index is 0.00741. The van der Waals surface area contributed by atoms with Crippen molar-refractivity contribution < 1.29 is 14.3 Å². The Morgan fingerprint density at radius 1 is 1.21 bits per heavy atom. The second kappa shape index (κ2) is 7.17. The molecule has 24 heavy (non-hydrogen) atoms. The van der Waals surface area contributed by atoms with Crippen molar-refractivity contribution in [3.8, 4) is 0 Å². The van der Waals surface area contributed by atoms with Crippen LogP contribution >= 0.6 is 0 Å². The van der Waals surface area contributed by atoms with E-state index in [0.717, 1.165) is 25.7 Å². The quantitative estimate of drug-likeness (QED) is 0.822. The third-order valence-corrected chi connectivity index (χ3v) is 4.53. The van der Waals surface area contributed by atoms with Crippen LogP contribution in [0.3, 0.4) is 0 Å². The first-order valence-electron chi connectivity index (χ1n) is 8.43. The summed E-state index contributed by atoms with van der Waals surface area (Å²) < 4.78 is 6.85. The largest absolute Gasteiger partial charge is 0.381 e. The molecule has 0 radical (unpaired) electrons. The molecule has 0 unspecified atom stereocenters. The molecule has 0 spiro atoms. The van der Waals surface area contributed by atoms with Gasteiger partial charge < -0.3 is 19.9 Å². The lowest BCUT2D eigenvalue weighted by molar-refractivity contribution is 0.0608. The standard InChI is InChI=1S/C17H23N3O4/c1-18-16(22)14-8-12(15(21)19-13-2-3-13)10-20(17(14)23)9-11-4-6-24-7-5-11/h8,10-11,13H,2-7,9H2,1H3,(H,18,22)(H,19,21). The maximum absolute atomic E-state index is 12.6. The summed E-state index contributed by atoms with van der Waals surface area (Å²) in [6, 6.07) is 1.61. The number of rotatable bonds is 5. The average molecular weight is 333 g/mol. The van der Waals surface area contributed by atoms with Crippen molar-refractivity contribution in [3.63, 3.8) is 0 Å². The average Bonchev–Trinajstić information content (AvgIpc) is 3.40. The van der Waals surface area contributed by atoms with Crippen molar-refractivity contribution in [2.45, 2.75) is 38.3 Å². The molecule has 130 valence electrons. The van der Waals surface area contributed by atoms with E-state index in [0.29, 0.717) is 31.2 Å². The lowest BCUT2D eigenvalue weighted by Gasteiger charge is -2.23. The Bertz CT molecular complexity index is 688. The summed E-state index contributed by atoms with van der Waals surface area (Å²) in [5, 5.41) is 5.37. The molecule has 2 N–H and O–H groups in total. The molecule has 1 saturated carbocycles. The molecule has 1 saturated heterocycles. The minimum atomic E-state index is -0.471. The molecule has 0 bridgehead atoms. The van der Waals surface area contributed by atoms with E-state index in [2.05, 4.69) is 10.6 Å². The number of carbonyl (C=O) groups is 2. The smallest absolute Gasteiger partial charge is 0.263 e. The maximum atomic E-state index is 12.6. The Kier molecular flexibility index (Phi) is 4.99. The van der Waals surface area contributed by atoms with Crippen LogP contribution in [0.1, 0.15) is 46.4 Å². The predicted octanol–water partition coefficient (Wildman–Crippen LogP) is 0.527. The van der Waals surface area contributed by atoms with Gasteiger partial charge in [0.1, 0.15) is 5.56 Å². The Labute approximate surface area is 140 Å². The molecule has 1 aliphatic carbocycles. The fourth-order valence-corrected chi connectivity index (χ4v) is 2.90.